The van der Waals surface area contributed by atoms with E-state index in [9.17, 15) is 5.11 Å². The Balaban J connectivity index is 2.11. The molecule has 3 aromatic heterocycles. The first-order chi connectivity index (χ1) is 10.4. The van der Waals surface area contributed by atoms with Crippen LogP contribution in [0.1, 0.15) is 19.4 Å². The van der Waals surface area contributed by atoms with Crippen LogP contribution in [0.15, 0.2) is 30.7 Å². The first-order valence-electron chi connectivity index (χ1n) is 6.74. The summed E-state index contributed by atoms with van der Waals surface area (Å²) in [5.74, 6) is 5.92. The molecule has 0 saturated carbocycles. The average molecular weight is 293 g/mol. The molecule has 0 radical (unpaired) electrons. The number of aromatic nitrogens is 4. The van der Waals surface area contributed by atoms with Crippen molar-refractivity contribution < 1.29 is 5.11 Å². The van der Waals surface area contributed by atoms with Crippen molar-refractivity contribution in [2.75, 3.05) is 5.73 Å². The zero-order chi connectivity index (χ0) is 15.7. The SMILES string of the molecule is CC(C)(O)C#Cc1cnc2[nH]cc(-c3ccnc(N)n3)c2c1. The van der Waals surface area contributed by atoms with Gasteiger partial charge in [-0.2, -0.15) is 0 Å². The van der Waals surface area contributed by atoms with Gasteiger partial charge in [-0.15, -0.1) is 0 Å². The summed E-state index contributed by atoms with van der Waals surface area (Å²) in [6, 6.07) is 3.69. The summed E-state index contributed by atoms with van der Waals surface area (Å²) in [6.45, 7) is 3.27. The third-order valence-electron chi connectivity index (χ3n) is 2.99. The van der Waals surface area contributed by atoms with E-state index in [1.54, 1.807) is 32.3 Å². The number of nitrogens with one attached hydrogen (secondary N) is 1. The van der Waals surface area contributed by atoms with Crippen LogP contribution in [0.3, 0.4) is 0 Å². The van der Waals surface area contributed by atoms with E-state index in [2.05, 4.69) is 31.8 Å². The molecular weight excluding hydrogens is 278 g/mol. The summed E-state index contributed by atoms with van der Waals surface area (Å²) in [5.41, 5.74) is 7.64. The second-order valence-corrected chi connectivity index (χ2v) is 5.43. The molecular formula is C16H15N5O. The number of aromatic amines is 1. The van der Waals surface area contributed by atoms with E-state index in [1.165, 1.54) is 0 Å². The van der Waals surface area contributed by atoms with Crippen molar-refractivity contribution >= 4 is 17.0 Å². The number of anilines is 1. The van der Waals surface area contributed by atoms with Crippen LogP contribution in [0.25, 0.3) is 22.3 Å². The van der Waals surface area contributed by atoms with Crippen LogP contribution in [-0.4, -0.2) is 30.6 Å². The van der Waals surface area contributed by atoms with Crippen LogP contribution in [0, 0.1) is 11.8 Å². The molecule has 0 fully saturated rings. The van der Waals surface area contributed by atoms with Crippen molar-refractivity contribution in [3.8, 4) is 23.1 Å². The molecule has 0 aliphatic carbocycles. The maximum atomic E-state index is 9.68. The number of hydrogen-bond acceptors (Lipinski definition) is 5. The van der Waals surface area contributed by atoms with Gasteiger partial charge >= 0.3 is 0 Å². The number of hydrogen-bond donors (Lipinski definition) is 3. The molecule has 0 spiro atoms. The van der Waals surface area contributed by atoms with Crippen LogP contribution >= 0.6 is 0 Å². The second kappa shape index (κ2) is 5.13. The predicted molar refractivity (Wildman–Crippen MR) is 84.7 cm³/mol. The first kappa shape index (κ1) is 14.0. The highest BCUT2D eigenvalue weighted by Gasteiger charge is 2.10. The molecule has 3 aromatic rings. The van der Waals surface area contributed by atoms with Crippen molar-refractivity contribution in [1.82, 2.24) is 19.9 Å². The molecule has 110 valence electrons. The van der Waals surface area contributed by atoms with Gasteiger partial charge in [-0.1, -0.05) is 11.8 Å². The van der Waals surface area contributed by atoms with E-state index in [1.807, 2.05) is 12.3 Å². The normalized spacial score (nSPS) is 11.2. The maximum absolute atomic E-state index is 9.68. The molecule has 0 aliphatic rings. The van der Waals surface area contributed by atoms with Crippen molar-refractivity contribution in [1.29, 1.82) is 0 Å². The van der Waals surface area contributed by atoms with E-state index in [4.69, 9.17) is 5.73 Å². The Bertz CT molecular complexity index is 896. The Morgan fingerprint density at radius 3 is 2.86 bits per heavy atom. The van der Waals surface area contributed by atoms with Crippen LogP contribution < -0.4 is 5.73 Å². The Morgan fingerprint density at radius 2 is 2.14 bits per heavy atom. The van der Waals surface area contributed by atoms with Crippen molar-refractivity contribution in [2.45, 2.75) is 19.4 Å². The lowest BCUT2D eigenvalue weighted by Gasteiger charge is -2.05. The first-order valence-corrected chi connectivity index (χ1v) is 6.74. The molecule has 22 heavy (non-hydrogen) atoms. The highest BCUT2D eigenvalue weighted by atomic mass is 16.3. The largest absolute Gasteiger partial charge is 0.378 e. The zero-order valence-electron chi connectivity index (χ0n) is 12.3. The van der Waals surface area contributed by atoms with Gasteiger partial charge in [0.15, 0.2) is 0 Å². The van der Waals surface area contributed by atoms with E-state index >= 15 is 0 Å². The summed E-state index contributed by atoms with van der Waals surface area (Å²) >= 11 is 0. The standard InChI is InChI=1S/C16H15N5O/c1-16(2,22)5-3-10-7-11-12(9-20-14(11)19-8-10)13-4-6-18-15(17)21-13/h4,6-9,22H,1-2H3,(H,19,20)(H2,17,18,21). The molecule has 0 atom stereocenters. The molecule has 3 heterocycles. The minimum absolute atomic E-state index is 0.220. The van der Waals surface area contributed by atoms with Gasteiger partial charge in [-0.25, -0.2) is 15.0 Å². The second-order valence-electron chi connectivity index (χ2n) is 5.43. The van der Waals surface area contributed by atoms with Crippen LogP contribution in [-0.2, 0) is 0 Å². The Hall–Kier alpha value is -2.91. The summed E-state index contributed by atoms with van der Waals surface area (Å²) in [7, 11) is 0. The van der Waals surface area contributed by atoms with Gasteiger partial charge in [0.05, 0.1) is 5.69 Å². The van der Waals surface area contributed by atoms with E-state index in [-0.39, 0.29) is 5.95 Å². The number of H-pyrrole nitrogens is 1. The van der Waals surface area contributed by atoms with Crippen molar-refractivity contribution in [3.63, 3.8) is 0 Å². The number of aliphatic hydroxyl groups is 1. The van der Waals surface area contributed by atoms with Gasteiger partial charge in [0.25, 0.3) is 0 Å². The Morgan fingerprint density at radius 1 is 1.32 bits per heavy atom. The number of pyridine rings is 1. The summed E-state index contributed by atoms with van der Waals surface area (Å²) < 4.78 is 0. The number of nitrogen functional groups attached to an aromatic ring is 1. The van der Waals surface area contributed by atoms with Crippen LogP contribution in [0.5, 0.6) is 0 Å². The predicted octanol–water partition coefficient (Wildman–Crippen LogP) is 1.72. The van der Waals surface area contributed by atoms with Gasteiger partial charge in [0.1, 0.15) is 11.2 Å². The third-order valence-corrected chi connectivity index (χ3v) is 2.99. The van der Waals surface area contributed by atoms with Gasteiger partial charge in [-0.3, -0.25) is 0 Å². The molecule has 0 aliphatic heterocycles. The number of nitrogens with two attached hydrogens (primary N) is 1. The van der Waals surface area contributed by atoms with Gasteiger partial charge in [-0.05, 0) is 26.0 Å². The molecule has 0 unspecified atom stereocenters. The fourth-order valence-corrected chi connectivity index (χ4v) is 2.03. The molecule has 0 aromatic carbocycles. The quantitative estimate of drug-likeness (QED) is 0.593. The topological polar surface area (TPSA) is 101 Å². The van der Waals surface area contributed by atoms with Gasteiger partial charge in [0.2, 0.25) is 5.95 Å². The Kier molecular flexibility index (Phi) is 3.28. The lowest BCUT2D eigenvalue weighted by atomic mass is 10.1. The minimum atomic E-state index is -1.04. The molecule has 3 rings (SSSR count). The number of rotatable bonds is 1. The average Bonchev–Trinajstić information content (AvgIpc) is 2.87. The van der Waals surface area contributed by atoms with E-state index < -0.39 is 5.60 Å². The molecule has 6 nitrogen and oxygen atoms in total. The van der Waals surface area contributed by atoms with Gasteiger partial charge < -0.3 is 15.8 Å². The maximum Gasteiger partial charge on any atom is 0.220 e. The summed E-state index contributed by atoms with van der Waals surface area (Å²) in [6.07, 6.45) is 5.10. The molecule has 0 amide bonds. The monoisotopic (exact) mass is 293 g/mol. The lowest BCUT2D eigenvalue weighted by molar-refractivity contribution is 0.143. The lowest BCUT2D eigenvalue weighted by Crippen LogP contribution is -2.14. The fraction of sp³-hybridized carbons (Fsp3) is 0.188. The smallest absolute Gasteiger partial charge is 0.220 e. The van der Waals surface area contributed by atoms with E-state index in [0.29, 0.717) is 5.69 Å². The van der Waals surface area contributed by atoms with Crippen LogP contribution in [0.4, 0.5) is 5.95 Å². The third kappa shape index (κ3) is 2.90. The fourth-order valence-electron chi connectivity index (χ4n) is 2.03. The van der Waals surface area contributed by atoms with E-state index in [0.717, 1.165) is 22.2 Å². The van der Waals surface area contributed by atoms with Crippen molar-refractivity contribution in [3.05, 3.63) is 36.3 Å². The Labute approximate surface area is 127 Å². The summed E-state index contributed by atoms with van der Waals surface area (Å²) in [4.78, 5) is 15.5. The highest BCUT2D eigenvalue weighted by Crippen LogP contribution is 2.26. The molecule has 0 bridgehead atoms. The highest BCUT2D eigenvalue weighted by molar-refractivity contribution is 5.93. The minimum Gasteiger partial charge on any atom is -0.378 e. The molecule has 4 N–H and O–H groups in total. The summed E-state index contributed by atoms with van der Waals surface area (Å²) in [5, 5.41) is 10.6. The van der Waals surface area contributed by atoms with Crippen LogP contribution in [0.2, 0.25) is 0 Å². The number of fused-ring (bicyclic) bond motifs is 1. The zero-order valence-corrected chi connectivity index (χ0v) is 12.3. The van der Waals surface area contributed by atoms with Crippen molar-refractivity contribution in [2.24, 2.45) is 0 Å². The molecule has 6 heteroatoms. The molecule has 0 saturated heterocycles. The number of nitrogens with zero attached hydrogens (tertiary/aromatic N) is 3. The van der Waals surface area contributed by atoms with Gasteiger partial charge in [0, 0.05) is 35.1 Å².